The molecule has 0 aliphatic heterocycles. The van der Waals surface area contributed by atoms with Crippen LogP contribution in [0.15, 0.2) is 31.0 Å². The SMILES string of the molecule is CC(C)(O)[C@H]1CC[C@H](NC(=O)c2nccc(-n3ccnc3)n2)CC1. The number of nitrogens with one attached hydrogen (secondary N) is 1. The van der Waals surface area contributed by atoms with Crippen molar-refractivity contribution >= 4 is 5.91 Å². The first kappa shape index (κ1) is 16.6. The van der Waals surface area contributed by atoms with Crippen molar-refractivity contribution in [1.29, 1.82) is 0 Å². The van der Waals surface area contributed by atoms with E-state index in [0.717, 1.165) is 25.7 Å². The van der Waals surface area contributed by atoms with Gasteiger partial charge < -0.3 is 10.4 Å². The number of rotatable bonds is 4. The highest BCUT2D eigenvalue weighted by Gasteiger charge is 2.32. The van der Waals surface area contributed by atoms with Crippen LogP contribution in [0.5, 0.6) is 0 Å². The van der Waals surface area contributed by atoms with E-state index in [1.54, 1.807) is 35.6 Å². The summed E-state index contributed by atoms with van der Waals surface area (Å²) < 4.78 is 1.73. The third-order valence-electron chi connectivity index (χ3n) is 4.67. The van der Waals surface area contributed by atoms with Crippen molar-refractivity contribution in [1.82, 2.24) is 24.8 Å². The van der Waals surface area contributed by atoms with E-state index in [4.69, 9.17) is 0 Å². The van der Waals surface area contributed by atoms with E-state index in [2.05, 4.69) is 20.3 Å². The zero-order valence-electron chi connectivity index (χ0n) is 14.0. The lowest BCUT2D eigenvalue weighted by Crippen LogP contribution is -2.42. The zero-order chi connectivity index (χ0) is 17.2. The van der Waals surface area contributed by atoms with Crippen molar-refractivity contribution in [3.8, 4) is 5.82 Å². The molecule has 3 rings (SSSR count). The highest BCUT2D eigenvalue weighted by atomic mass is 16.3. The number of carbonyl (C=O) groups excluding carboxylic acids is 1. The molecular formula is C17H23N5O2. The number of aliphatic hydroxyl groups is 1. The molecule has 24 heavy (non-hydrogen) atoms. The third-order valence-corrected chi connectivity index (χ3v) is 4.67. The molecule has 2 heterocycles. The molecule has 1 saturated carbocycles. The van der Waals surface area contributed by atoms with Gasteiger partial charge in [0.1, 0.15) is 12.1 Å². The minimum atomic E-state index is -0.656. The van der Waals surface area contributed by atoms with E-state index < -0.39 is 5.60 Å². The molecule has 0 saturated heterocycles. The number of nitrogens with zero attached hydrogens (tertiary/aromatic N) is 4. The number of carbonyl (C=O) groups is 1. The Hall–Kier alpha value is -2.28. The summed E-state index contributed by atoms with van der Waals surface area (Å²) in [6.07, 6.45) is 10.2. The lowest BCUT2D eigenvalue weighted by Gasteiger charge is -2.35. The molecule has 0 radical (unpaired) electrons. The monoisotopic (exact) mass is 329 g/mol. The van der Waals surface area contributed by atoms with Gasteiger partial charge in [0.2, 0.25) is 5.82 Å². The van der Waals surface area contributed by atoms with Gasteiger partial charge in [-0.3, -0.25) is 9.36 Å². The smallest absolute Gasteiger partial charge is 0.289 e. The summed E-state index contributed by atoms with van der Waals surface area (Å²) in [5.74, 6) is 0.791. The second-order valence-corrected chi connectivity index (χ2v) is 6.88. The van der Waals surface area contributed by atoms with Crippen molar-refractivity contribution in [3.63, 3.8) is 0 Å². The number of hydrogen-bond donors (Lipinski definition) is 2. The van der Waals surface area contributed by atoms with Crippen LogP contribution >= 0.6 is 0 Å². The minimum Gasteiger partial charge on any atom is -0.390 e. The van der Waals surface area contributed by atoms with E-state index in [1.165, 1.54) is 0 Å². The summed E-state index contributed by atoms with van der Waals surface area (Å²) in [4.78, 5) is 24.7. The van der Waals surface area contributed by atoms with Gasteiger partial charge in [-0.1, -0.05) is 0 Å². The summed E-state index contributed by atoms with van der Waals surface area (Å²) in [5.41, 5.74) is -0.656. The Morgan fingerprint density at radius 1 is 1.29 bits per heavy atom. The lowest BCUT2D eigenvalue weighted by molar-refractivity contribution is -0.00259. The minimum absolute atomic E-state index is 0.108. The van der Waals surface area contributed by atoms with E-state index in [0.29, 0.717) is 5.82 Å². The van der Waals surface area contributed by atoms with Crippen molar-refractivity contribution in [3.05, 3.63) is 36.8 Å². The van der Waals surface area contributed by atoms with Crippen LogP contribution in [0.2, 0.25) is 0 Å². The zero-order valence-corrected chi connectivity index (χ0v) is 14.0. The predicted octanol–water partition coefficient (Wildman–Crippen LogP) is 1.72. The number of aromatic nitrogens is 4. The number of hydrogen-bond acceptors (Lipinski definition) is 5. The van der Waals surface area contributed by atoms with Gasteiger partial charge in [-0.15, -0.1) is 0 Å². The molecule has 7 heteroatoms. The molecule has 1 fully saturated rings. The quantitative estimate of drug-likeness (QED) is 0.891. The van der Waals surface area contributed by atoms with E-state index >= 15 is 0 Å². The summed E-state index contributed by atoms with van der Waals surface area (Å²) in [7, 11) is 0. The summed E-state index contributed by atoms with van der Waals surface area (Å²) in [6.45, 7) is 3.71. The Morgan fingerprint density at radius 3 is 2.67 bits per heavy atom. The van der Waals surface area contributed by atoms with Gasteiger partial charge in [0.05, 0.1) is 5.60 Å². The predicted molar refractivity (Wildman–Crippen MR) is 88.7 cm³/mol. The molecule has 1 aliphatic rings. The van der Waals surface area contributed by atoms with Crippen LogP contribution in [0, 0.1) is 5.92 Å². The summed E-state index contributed by atoms with van der Waals surface area (Å²) >= 11 is 0. The molecule has 1 amide bonds. The lowest BCUT2D eigenvalue weighted by atomic mass is 9.77. The van der Waals surface area contributed by atoms with Gasteiger partial charge >= 0.3 is 0 Å². The second kappa shape index (κ2) is 6.68. The number of amides is 1. The maximum absolute atomic E-state index is 12.4. The molecule has 0 spiro atoms. The van der Waals surface area contributed by atoms with E-state index in [-0.39, 0.29) is 23.7 Å². The van der Waals surface area contributed by atoms with Gasteiger partial charge in [-0.25, -0.2) is 15.0 Å². The fraction of sp³-hybridized carbons (Fsp3) is 0.529. The van der Waals surface area contributed by atoms with Gasteiger partial charge in [0.25, 0.3) is 5.91 Å². The molecule has 7 nitrogen and oxygen atoms in total. The number of imidazole rings is 1. The third kappa shape index (κ3) is 3.79. The molecule has 0 unspecified atom stereocenters. The average molecular weight is 329 g/mol. The van der Waals surface area contributed by atoms with Crippen molar-refractivity contribution < 1.29 is 9.90 Å². The molecule has 0 atom stereocenters. The summed E-state index contributed by atoms with van der Waals surface area (Å²) in [5, 5.41) is 13.1. The first-order valence-corrected chi connectivity index (χ1v) is 8.28. The maximum atomic E-state index is 12.4. The first-order chi connectivity index (χ1) is 11.4. The van der Waals surface area contributed by atoms with E-state index in [1.807, 2.05) is 13.8 Å². The molecule has 0 aromatic carbocycles. The van der Waals surface area contributed by atoms with Crippen molar-refractivity contribution in [2.45, 2.75) is 51.2 Å². The average Bonchev–Trinajstić information content (AvgIpc) is 3.09. The Morgan fingerprint density at radius 2 is 2.04 bits per heavy atom. The van der Waals surface area contributed by atoms with Crippen molar-refractivity contribution in [2.75, 3.05) is 0 Å². The highest BCUT2D eigenvalue weighted by Crippen LogP contribution is 2.32. The van der Waals surface area contributed by atoms with Gasteiger partial charge in [0, 0.05) is 24.6 Å². The molecule has 0 bridgehead atoms. The summed E-state index contributed by atoms with van der Waals surface area (Å²) in [6, 6.07) is 1.84. The second-order valence-electron chi connectivity index (χ2n) is 6.88. The molecule has 128 valence electrons. The first-order valence-electron chi connectivity index (χ1n) is 8.28. The normalized spacial score (nSPS) is 21.5. The molecule has 2 N–H and O–H groups in total. The van der Waals surface area contributed by atoms with Crippen LogP contribution in [0.25, 0.3) is 5.82 Å². The van der Waals surface area contributed by atoms with E-state index in [9.17, 15) is 9.90 Å². The molecule has 1 aliphatic carbocycles. The van der Waals surface area contributed by atoms with Gasteiger partial charge in [0.15, 0.2) is 0 Å². The molecular weight excluding hydrogens is 306 g/mol. The maximum Gasteiger partial charge on any atom is 0.289 e. The van der Waals surface area contributed by atoms with Crippen LogP contribution in [0.1, 0.15) is 50.1 Å². The Kier molecular flexibility index (Phi) is 4.62. The van der Waals surface area contributed by atoms with Gasteiger partial charge in [-0.2, -0.15) is 0 Å². The fourth-order valence-electron chi connectivity index (χ4n) is 3.19. The van der Waals surface area contributed by atoms with Crippen LogP contribution in [0.3, 0.4) is 0 Å². The van der Waals surface area contributed by atoms with Crippen LogP contribution in [0.4, 0.5) is 0 Å². The van der Waals surface area contributed by atoms with Crippen LogP contribution in [-0.4, -0.2) is 42.2 Å². The Bertz CT molecular complexity index is 685. The Labute approximate surface area is 141 Å². The van der Waals surface area contributed by atoms with Crippen LogP contribution in [-0.2, 0) is 0 Å². The standard InChI is InChI=1S/C17H23N5O2/c1-17(2,24)12-3-5-13(6-4-12)20-16(23)15-19-8-7-14(21-15)22-10-9-18-11-22/h7-13,24H,3-6H2,1-2H3,(H,20,23)/t12-,13-. The largest absolute Gasteiger partial charge is 0.390 e. The highest BCUT2D eigenvalue weighted by molar-refractivity contribution is 5.90. The molecule has 2 aromatic rings. The van der Waals surface area contributed by atoms with Crippen LogP contribution < -0.4 is 5.32 Å². The van der Waals surface area contributed by atoms with Gasteiger partial charge in [-0.05, 0) is 51.5 Å². The topological polar surface area (TPSA) is 92.9 Å². The molecule has 2 aromatic heterocycles. The van der Waals surface area contributed by atoms with Crippen molar-refractivity contribution in [2.24, 2.45) is 5.92 Å². The fourth-order valence-corrected chi connectivity index (χ4v) is 3.19. The Balaban J connectivity index is 1.61.